The molecule has 4 N–H and O–H groups in total. The van der Waals surface area contributed by atoms with E-state index in [-0.39, 0.29) is 24.0 Å². The zero-order chi connectivity index (χ0) is 58.0. The van der Waals surface area contributed by atoms with Gasteiger partial charge in [-0.15, -0.1) is 0 Å². The second kappa shape index (κ2) is 56.9. The Morgan fingerprint density at radius 1 is 0.380 bits per heavy atom. The number of carbonyl (C=O) groups excluding carboxylic acids is 5. The van der Waals surface area contributed by atoms with Crippen LogP contribution >= 0.6 is 0 Å². The topological polar surface area (TPSA) is 170 Å². The van der Waals surface area contributed by atoms with Crippen molar-refractivity contribution in [2.45, 2.75) is 303 Å². The molecule has 466 valence electrons. The molecule has 0 atom stereocenters. The summed E-state index contributed by atoms with van der Waals surface area (Å²) in [5.41, 5.74) is -0.480. The molecule has 0 rings (SSSR count). The van der Waals surface area contributed by atoms with Crippen LogP contribution in [0.1, 0.15) is 297 Å². The van der Waals surface area contributed by atoms with E-state index >= 15 is 0 Å². The number of unbranched alkanes of at least 4 members (excludes halogenated alkanes) is 34. The standard InChI is InChI=1S/C65H127N5O9/c1-7-8-9-40-49-67-63(74)68-50-42-37-39-47-60(71)46-38-33-29-25-21-20-22-26-30-34-41-51-69-64(75)78-55-44-36-32-28-24-19-17-15-13-11-10-12-14-16-18-23-27-31-35-43-54-76-57-58-77-56-48-61(72)66-52-45-53-70(5,6)59-62(73)79-65(2,3)4/h7-59H2,1-6H3,(H3-,66,67,68,69,72,74,75)/p+1. The molecule has 0 radical (unpaired) electrons. The SMILES string of the molecule is CCCCCCNC(=O)NCCCCCC(=O)CCCCCCCCCCCCCNC(=O)OCCCCCCCCCCCCCCCCCCCCCCOCCOCCC(=O)NCCC[N+](C)(C)CC(=O)OC(C)(C)C. The van der Waals surface area contributed by atoms with Crippen LogP contribution in [0.2, 0.25) is 0 Å². The lowest BCUT2D eigenvalue weighted by Crippen LogP contribution is -2.47. The third-order valence-corrected chi connectivity index (χ3v) is 14.6. The summed E-state index contributed by atoms with van der Waals surface area (Å²) in [4.78, 5) is 60.3. The maximum atomic E-state index is 12.2. The largest absolute Gasteiger partial charge is 0.456 e. The molecule has 14 nitrogen and oxygen atoms in total. The summed E-state index contributed by atoms with van der Waals surface area (Å²) >= 11 is 0. The number of hydrogen-bond acceptors (Lipinski definition) is 9. The van der Waals surface area contributed by atoms with E-state index in [2.05, 4.69) is 28.2 Å². The number of nitrogens with zero attached hydrogens (tertiary/aromatic N) is 1. The number of Topliss-reactive ketones (excluding diaryl/α,β-unsaturated/α-hetero) is 1. The average Bonchev–Trinajstić information content (AvgIpc) is 3.39. The molecule has 0 aliphatic carbocycles. The van der Waals surface area contributed by atoms with E-state index in [1.54, 1.807) is 0 Å². The van der Waals surface area contributed by atoms with Crippen molar-refractivity contribution in [2.75, 3.05) is 86.4 Å². The molecule has 0 fully saturated rings. The number of urea groups is 1. The highest BCUT2D eigenvalue weighted by atomic mass is 16.6. The van der Waals surface area contributed by atoms with E-state index in [9.17, 15) is 24.0 Å². The van der Waals surface area contributed by atoms with Crippen molar-refractivity contribution in [3.63, 3.8) is 0 Å². The van der Waals surface area contributed by atoms with Gasteiger partial charge in [-0.1, -0.05) is 206 Å². The highest BCUT2D eigenvalue weighted by Gasteiger charge is 2.25. The molecule has 0 saturated carbocycles. The Balaban J connectivity index is 3.29. The Kier molecular flexibility index (Phi) is 54.7. The summed E-state index contributed by atoms with van der Waals surface area (Å²) < 4.78 is 22.6. The molecule has 79 heavy (non-hydrogen) atoms. The van der Waals surface area contributed by atoms with Gasteiger partial charge in [-0.05, 0) is 65.7 Å². The Bertz CT molecular complexity index is 1410. The molecule has 0 aliphatic heterocycles. The lowest BCUT2D eigenvalue weighted by Gasteiger charge is -2.30. The van der Waals surface area contributed by atoms with Crippen LogP contribution in [0.15, 0.2) is 0 Å². The minimum absolute atomic E-state index is 0.0124. The predicted octanol–water partition coefficient (Wildman–Crippen LogP) is 15.6. The number of carbonyl (C=O) groups is 5. The highest BCUT2D eigenvalue weighted by Crippen LogP contribution is 2.17. The number of ketones is 1. The van der Waals surface area contributed by atoms with Crippen LogP contribution in [0, 0.1) is 0 Å². The van der Waals surface area contributed by atoms with Crippen LogP contribution < -0.4 is 21.3 Å². The van der Waals surface area contributed by atoms with Crippen molar-refractivity contribution < 1.29 is 47.4 Å². The zero-order valence-corrected chi connectivity index (χ0v) is 52.6. The Labute approximate surface area is 486 Å². The van der Waals surface area contributed by atoms with Crippen LogP contribution in [0.4, 0.5) is 9.59 Å². The number of quaternary nitrogens is 1. The third-order valence-electron chi connectivity index (χ3n) is 14.6. The summed E-state index contributed by atoms with van der Waals surface area (Å²) in [7, 11) is 4.00. The molecule has 14 heteroatoms. The number of amides is 4. The number of ether oxygens (including phenoxy) is 4. The van der Waals surface area contributed by atoms with Crippen LogP contribution in [0.25, 0.3) is 0 Å². The quantitative estimate of drug-likeness (QED) is 0.0263. The maximum Gasteiger partial charge on any atom is 0.407 e. The van der Waals surface area contributed by atoms with Crippen molar-refractivity contribution in [1.82, 2.24) is 21.3 Å². The number of likely N-dealkylation sites (N-methyl/N-ethyl adjacent to an activating group) is 1. The van der Waals surface area contributed by atoms with E-state index in [1.165, 1.54) is 173 Å². The van der Waals surface area contributed by atoms with E-state index in [0.29, 0.717) is 75.7 Å². The predicted molar refractivity (Wildman–Crippen MR) is 328 cm³/mol. The number of nitrogens with one attached hydrogen (secondary N) is 4. The molecule has 0 aromatic carbocycles. The van der Waals surface area contributed by atoms with E-state index in [0.717, 1.165) is 103 Å². The first kappa shape index (κ1) is 76.0. The van der Waals surface area contributed by atoms with Gasteiger partial charge in [0.05, 0.1) is 47.1 Å². The monoisotopic (exact) mass is 1120 g/mol. The van der Waals surface area contributed by atoms with Gasteiger partial charge in [0.15, 0.2) is 6.54 Å². The van der Waals surface area contributed by atoms with Crippen molar-refractivity contribution >= 4 is 29.8 Å². The molecule has 0 bridgehead atoms. The first-order valence-electron chi connectivity index (χ1n) is 33.1. The van der Waals surface area contributed by atoms with Crippen LogP contribution in [0.3, 0.4) is 0 Å². The molecule has 0 aliphatic rings. The van der Waals surface area contributed by atoms with Crippen molar-refractivity contribution in [3.8, 4) is 0 Å². The van der Waals surface area contributed by atoms with E-state index < -0.39 is 5.60 Å². The van der Waals surface area contributed by atoms with Gasteiger partial charge in [-0.3, -0.25) is 9.59 Å². The Morgan fingerprint density at radius 3 is 1.20 bits per heavy atom. The number of alkyl carbamates (subject to hydrolysis) is 1. The maximum absolute atomic E-state index is 12.2. The fourth-order valence-corrected chi connectivity index (χ4v) is 9.81. The molecule has 0 aromatic heterocycles. The second-order valence-electron chi connectivity index (χ2n) is 24.4. The number of hydrogen-bond donors (Lipinski definition) is 4. The van der Waals surface area contributed by atoms with Gasteiger partial charge in [0.1, 0.15) is 11.4 Å². The molecule has 4 amide bonds. The minimum Gasteiger partial charge on any atom is -0.456 e. The molecule has 0 aromatic rings. The van der Waals surface area contributed by atoms with E-state index in [1.807, 2.05) is 34.9 Å². The molecule has 0 spiro atoms. The van der Waals surface area contributed by atoms with Crippen LogP contribution in [-0.2, 0) is 33.3 Å². The van der Waals surface area contributed by atoms with Gasteiger partial charge in [-0.2, -0.15) is 0 Å². The summed E-state index contributed by atoms with van der Waals surface area (Å²) in [6.45, 7) is 14.4. The Morgan fingerprint density at radius 2 is 0.747 bits per heavy atom. The summed E-state index contributed by atoms with van der Waals surface area (Å²) in [6.07, 6.45) is 48.9. The van der Waals surface area contributed by atoms with Crippen LogP contribution in [-0.4, -0.2) is 126 Å². The Hall–Kier alpha value is -2.97. The molecule has 0 heterocycles. The number of esters is 1. The zero-order valence-electron chi connectivity index (χ0n) is 52.6. The normalized spacial score (nSPS) is 11.7. The summed E-state index contributed by atoms with van der Waals surface area (Å²) in [6, 6.07) is -0.0716. The first-order valence-corrected chi connectivity index (χ1v) is 33.1. The van der Waals surface area contributed by atoms with Crippen LogP contribution in [0.5, 0.6) is 0 Å². The molecule has 0 saturated heterocycles. The fraction of sp³-hybridized carbons (Fsp3) is 0.923. The van der Waals surface area contributed by atoms with E-state index in [4.69, 9.17) is 18.9 Å². The molecular weight excluding hydrogens is 995 g/mol. The summed E-state index contributed by atoms with van der Waals surface area (Å²) in [5, 5.41) is 11.7. The highest BCUT2D eigenvalue weighted by molar-refractivity contribution is 5.78. The van der Waals surface area contributed by atoms with Gasteiger partial charge in [0.2, 0.25) is 5.91 Å². The second-order valence-corrected chi connectivity index (χ2v) is 24.4. The van der Waals surface area contributed by atoms with Crippen molar-refractivity contribution in [3.05, 3.63) is 0 Å². The smallest absolute Gasteiger partial charge is 0.407 e. The molecular formula is C65H128N5O9+. The molecule has 0 unspecified atom stereocenters. The van der Waals surface area contributed by atoms with Crippen molar-refractivity contribution in [2.24, 2.45) is 0 Å². The lowest BCUT2D eigenvalue weighted by atomic mass is 10.0. The fourth-order valence-electron chi connectivity index (χ4n) is 9.81. The van der Waals surface area contributed by atoms with Gasteiger partial charge in [-0.25, -0.2) is 14.4 Å². The van der Waals surface area contributed by atoms with Gasteiger partial charge >= 0.3 is 18.1 Å². The number of rotatable bonds is 60. The van der Waals surface area contributed by atoms with Gasteiger partial charge in [0, 0.05) is 58.5 Å². The van der Waals surface area contributed by atoms with Crippen molar-refractivity contribution in [1.29, 1.82) is 0 Å². The first-order chi connectivity index (χ1) is 38.2. The van der Waals surface area contributed by atoms with Gasteiger partial charge < -0.3 is 44.7 Å². The lowest BCUT2D eigenvalue weighted by molar-refractivity contribution is -0.883. The van der Waals surface area contributed by atoms with Gasteiger partial charge in [0.25, 0.3) is 0 Å². The third kappa shape index (κ3) is 62.5. The summed E-state index contributed by atoms with van der Waals surface area (Å²) in [5.74, 6) is 0.177. The average molecular weight is 1120 g/mol. The minimum atomic E-state index is -0.480.